The number of aromatic nitrogens is 1. The molecule has 1 N–H and O–H groups in total. The molecule has 1 aromatic heterocycles. The van der Waals surface area contributed by atoms with Gasteiger partial charge in [-0.05, 0) is 37.1 Å². The highest BCUT2D eigenvalue weighted by atomic mass is 32.2. The van der Waals surface area contributed by atoms with Crippen molar-refractivity contribution in [2.45, 2.75) is 31.6 Å². The van der Waals surface area contributed by atoms with E-state index in [9.17, 15) is 13.2 Å². The van der Waals surface area contributed by atoms with E-state index in [1.165, 1.54) is 13.0 Å². The van der Waals surface area contributed by atoms with Gasteiger partial charge in [0, 0.05) is 32.1 Å². The van der Waals surface area contributed by atoms with Crippen LogP contribution >= 0.6 is 0 Å². The molecule has 0 atom stereocenters. The molecule has 0 saturated carbocycles. The number of nitrogens with zero attached hydrogens (tertiary/aromatic N) is 2. The average Bonchev–Trinajstić information content (AvgIpc) is 3.12. The predicted molar refractivity (Wildman–Crippen MR) is 88.3 cm³/mol. The predicted octanol–water partition coefficient (Wildman–Crippen LogP) is 1.41. The molecule has 0 radical (unpaired) electrons. The first-order valence-electron chi connectivity index (χ1n) is 7.69. The quantitative estimate of drug-likeness (QED) is 0.881. The second kappa shape index (κ2) is 6.37. The Balaban J connectivity index is 1.70. The van der Waals surface area contributed by atoms with Crippen molar-refractivity contribution in [2.24, 2.45) is 0 Å². The van der Waals surface area contributed by atoms with Crippen molar-refractivity contribution in [3.05, 3.63) is 41.6 Å². The van der Waals surface area contributed by atoms with Gasteiger partial charge >= 0.3 is 0 Å². The lowest BCUT2D eigenvalue weighted by Crippen LogP contribution is -2.26. The van der Waals surface area contributed by atoms with Gasteiger partial charge in [0.1, 0.15) is 5.76 Å². The molecule has 0 aliphatic carbocycles. The van der Waals surface area contributed by atoms with Crippen LogP contribution in [0, 0.1) is 6.92 Å². The van der Waals surface area contributed by atoms with Crippen LogP contribution in [0.15, 0.2) is 33.7 Å². The second-order valence-corrected chi connectivity index (χ2v) is 7.49. The molecule has 0 unspecified atom stereocenters. The van der Waals surface area contributed by atoms with Crippen molar-refractivity contribution < 1.29 is 17.6 Å². The Morgan fingerprint density at radius 3 is 2.88 bits per heavy atom. The molecule has 3 rings (SSSR count). The fourth-order valence-corrected chi connectivity index (χ4v) is 3.85. The number of hydrogen-bond donors (Lipinski definition) is 1. The maximum Gasteiger partial charge on any atom is 0.240 e. The minimum atomic E-state index is -3.61. The number of nitrogens with one attached hydrogen (secondary N) is 1. The highest BCUT2D eigenvalue weighted by molar-refractivity contribution is 7.89. The Hall–Kier alpha value is -2.19. The van der Waals surface area contributed by atoms with E-state index in [1.807, 2.05) is 0 Å². The van der Waals surface area contributed by atoms with Crippen molar-refractivity contribution in [3.8, 4) is 0 Å². The number of carbonyl (C=O) groups is 1. The lowest BCUT2D eigenvalue weighted by Gasteiger charge is -2.15. The number of aryl methyl sites for hydroxylation is 1. The molecule has 1 aromatic carbocycles. The molecule has 2 heterocycles. The molecule has 0 fully saturated rings. The summed E-state index contributed by atoms with van der Waals surface area (Å²) in [6.07, 6.45) is 2.65. The van der Waals surface area contributed by atoms with E-state index in [2.05, 4.69) is 9.71 Å². The first kappa shape index (κ1) is 16.7. The molecular formula is C16H19N3O4S. The third kappa shape index (κ3) is 3.34. The largest absolute Gasteiger partial charge is 0.446 e. The third-order valence-corrected chi connectivity index (χ3v) is 5.40. The molecular weight excluding hydrogens is 330 g/mol. The summed E-state index contributed by atoms with van der Waals surface area (Å²) in [5, 5.41) is 0. The smallest absolute Gasteiger partial charge is 0.240 e. The van der Waals surface area contributed by atoms with Gasteiger partial charge < -0.3 is 9.32 Å². The molecule has 128 valence electrons. The SMILES string of the molecule is CC(=O)N1CCc2cc(S(=O)(=O)NCCc3ncc(C)o3)ccc21. The molecule has 1 amide bonds. The minimum Gasteiger partial charge on any atom is -0.446 e. The monoisotopic (exact) mass is 349 g/mol. The Kier molecular flexibility index (Phi) is 4.42. The van der Waals surface area contributed by atoms with Gasteiger partial charge in [0.2, 0.25) is 15.9 Å². The summed E-state index contributed by atoms with van der Waals surface area (Å²) in [5.41, 5.74) is 1.66. The van der Waals surface area contributed by atoms with Crippen LogP contribution in [0.3, 0.4) is 0 Å². The van der Waals surface area contributed by atoms with Gasteiger partial charge in [-0.3, -0.25) is 4.79 Å². The second-order valence-electron chi connectivity index (χ2n) is 5.72. The van der Waals surface area contributed by atoms with Gasteiger partial charge in [-0.15, -0.1) is 0 Å². The van der Waals surface area contributed by atoms with Crippen LogP contribution in [0.4, 0.5) is 5.69 Å². The Bertz CT molecular complexity index is 873. The van der Waals surface area contributed by atoms with Crippen molar-refractivity contribution in [2.75, 3.05) is 18.0 Å². The van der Waals surface area contributed by atoms with E-state index < -0.39 is 10.0 Å². The van der Waals surface area contributed by atoms with E-state index in [-0.39, 0.29) is 17.3 Å². The van der Waals surface area contributed by atoms with Crippen LogP contribution in [0.1, 0.15) is 24.1 Å². The zero-order valence-corrected chi connectivity index (χ0v) is 14.4. The zero-order chi connectivity index (χ0) is 17.3. The Labute approximate surface area is 140 Å². The van der Waals surface area contributed by atoms with E-state index in [4.69, 9.17) is 4.42 Å². The summed E-state index contributed by atoms with van der Waals surface area (Å²) in [6.45, 7) is 4.09. The Morgan fingerprint density at radius 1 is 1.42 bits per heavy atom. The fourth-order valence-electron chi connectivity index (χ4n) is 2.77. The number of anilines is 1. The Morgan fingerprint density at radius 2 is 2.21 bits per heavy atom. The summed E-state index contributed by atoms with van der Waals surface area (Å²) in [4.78, 5) is 17.5. The molecule has 8 heteroatoms. The fraction of sp³-hybridized carbons (Fsp3) is 0.375. The van der Waals surface area contributed by atoms with Gasteiger partial charge in [0.25, 0.3) is 0 Å². The summed E-state index contributed by atoms with van der Waals surface area (Å²) in [7, 11) is -3.61. The molecule has 0 saturated heterocycles. The first-order chi connectivity index (χ1) is 11.4. The normalized spacial score (nSPS) is 14.0. The number of hydrogen-bond acceptors (Lipinski definition) is 5. The van der Waals surface area contributed by atoms with Crippen LogP contribution in [-0.4, -0.2) is 32.4 Å². The van der Waals surface area contributed by atoms with Crippen LogP contribution in [0.5, 0.6) is 0 Å². The molecule has 1 aliphatic rings. The number of rotatable bonds is 5. The maximum absolute atomic E-state index is 12.4. The van der Waals surface area contributed by atoms with Gasteiger partial charge in [-0.1, -0.05) is 0 Å². The number of amides is 1. The minimum absolute atomic E-state index is 0.0382. The maximum atomic E-state index is 12.4. The number of carbonyl (C=O) groups excluding carboxylic acids is 1. The molecule has 0 bridgehead atoms. The topological polar surface area (TPSA) is 92.5 Å². The van der Waals surface area contributed by atoms with Crippen molar-refractivity contribution in [1.29, 1.82) is 0 Å². The highest BCUT2D eigenvalue weighted by Crippen LogP contribution is 2.30. The molecule has 0 spiro atoms. The average molecular weight is 349 g/mol. The number of fused-ring (bicyclic) bond motifs is 1. The van der Waals surface area contributed by atoms with Gasteiger partial charge in [0.15, 0.2) is 5.89 Å². The van der Waals surface area contributed by atoms with Gasteiger partial charge in [-0.2, -0.15) is 0 Å². The molecule has 24 heavy (non-hydrogen) atoms. The number of oxazole rings is 1. The standard InChI is InChI=1S/C16H19N3O4S/c1-11-10-17-16(23-11)5-7-18-24(21,22)14-3-4-15-13(9-14)6-8-19(15)12(2)20/h3-4,9-10,18H,5-8H2,1-2H3. The van der Waals surface area contributed by atoms with E-state index in [1.54, 1.807) is 30.2 Å². The lowest BCUT2D eigenvalue weighted by atomic mass is 10.2. The zero-order valence-electron chi connectivity index (χ0n) is 13.6. The summed E-state index contributed by atoms with van der Waals surface area (Å²) in [5.74, 6) is 1.16. The lowest BCUT2D eigenvalue weighted by molar-refractivity contribution is -0.116. The van der Waals surface area contributed by atoms with Crippen LogP contribution < -0.4 is 9.62 Å². The van der Waals surface area contributed by atoms with Crippen molar-refractivity contribution in [3.63, 3.8) is 0 Å². The van der Waals surface area contributed by atoms with E-state index in [0.717, 1.165) is 11.3 Å². The van der Waals surface area contributed by atoms with E-state index >= 15 is 0 Å². The van der Waals surface area contributed by atoms with Gasteiger partial charge in [0.05, 0.1) is 11.1 Å². The van der Waals surface area contributed by atoms with Crippen molar-refractivity contribution in [1.82, 2.24) is 9.71 Å². The highest BCUT2D eigenvalue weighted by Gasteiger charge is 2.24. The first-order valence-corrected chi connectivity index (χ1v) is 9.17. The summed E-state index contributed by atoms with van der Waals surface area (Å²) in [6, 6.07) is 4.85. The number of sulfonamides is 1. The van der Waals surface area contributed by atoms with E-state index in [0.29, 0.717) is 31.0 Å². The summed E-state index contributed by atoms with van der Waals surface area (Å²) >= 11 is 0. The van der Waals surface area contributed by atoms with Crippen LogP contribution in [0.25, 0.3) is 0 Å². The van der Waals surface area contributed by atoms with Crippen molar-refractivity contribution >= 4 is 21.6 Å². The van der Waals surface area contributed by atoms with Crippen LogP contribution in [-0.2, 0) is 27.7 Å². The van der Waals surface area contributed by atoms with Crippen LogP contribution in [0.2, 0.25) is 0 Å². The number of benzene rings is 1. The summed E-state index contributed by atoms with van der Waals surface area (Å²) < 4.78 is 32.7. The van der Waals surface area contributed by atoms with Gasteiger partial charge in [-0.25, -0.2) is 18.1 Å². The molecule has 7 nitrogen and oxygen atoms in total. The third-order valence-electron chi connectivity index (χ3n) is 3.94. The molecule has 2 aromatic rings. The molecule has 1 aliphatic heterocycles.